The van der Waals surface area contributed by atoms with Crippen molar-refractivity contribution in [2.24, 2.45) is 0 Å². The monoisotopic (exact) mass is 375 g/mol. The standard InChI is InChI=1S/C13H12F3N5O3S/c14-13(15,16)8-1-3-10(4-2-8)21-19-11(18-20-21)12(22)17-9-5-6-25(23,24)7-9/h1-4,9H,5-7H2,(H,17,22)/t9-/m1/s1. The number of amides is 1. The molecule has 25 heavy (non-hydrogen) atoms. The minimum Gasteiger partial charge on any atom is -0.345 e. The summed E-state index contributed by atoms with van der Waals surface area (Å²) >= 11 is 0. The summed E-state index contributed by atoms with van der Waals surface area (Å²) < 4.78 is 60.3. The predicted molar refractivity (Wildman–Crippen MR) is 78.7 cm³/mol. The molecule has 0 radical (unpaired) electrons. The molecule has 0 aliphatic carbocycles. The lowest BCUT2D eigenvalue weighted by atomic mass is 10.2. The molecule has 1 N–H and O–H groups in total. The fourth-order valence-corrected chi connectivity index (χ4v) is 4.03. The highest BCUT2D eigenvalue weighted by atomic mass is 32.2. The number of tetrazole rings is 1. The van der Waals surface area contributed by atoms with Crippen LogP contribution >= 0.6 is 0 Å². The van der Waals surface area contributed by atoms with Gasteiger partial charge < -0.3 is 5.32 Å². The highest BCUT2D eigenvalue weighted by Crippen LogP contribution is 2.29. The minimum atomic E-state index is -4.46. The van der Waals surface area contributed by atoms with Crippen LogP contribution in [0.2, 0.25) is 0 Å². The number of alkyl halides is 3. The molecule has 1 aliphatic heterocycles. The molecule has 12 heteroatoms. The summed E-state index contributed by atoms with van der Waals surface area (Å²) in [6.07, 6.45) is -4.15. The average molecular weight is 375 g/mol. The van der Waals surface area contributed by atoms with E-state index in [4.69, 9.17) is 0 Å². The van der Waals surface area contributed by atoms with E-state index < -0.39 is 33.5 Å². The third-order valence-corrected chi connectivity index (χ3v) is 5.38. The summed E-state index contributed by atoms with van der Waals surface area (Å²) in [4.78, 5) is 12.9. The van der Waals surface area contributed by atoms with E-state index in [9.17, 15) is 26.4 Å². The Morgan fingerprint density at radius 2 is 1.92 bits per heavy atom. The van der Waals surface area contributed by atoms with Gasteiger partial charge in [-0.1, -0.05) is 0 Å². The summed E-state index contributed by atoms with van der Waals surface area (Å²) in [7, 11) is -3.15. The number of halogens is 3. The van der Waals surface area contributed by atoms with Gasteiger partial charge in [-0.2, -0.15) is 13.2 Å². The maximum Gasteiger partial charge on any atom is 0.416 e. The fourth-order valence-electron chi connectivity index (χ4n) is 2.36. The van der Waals surface area contributed by atoms with Crippen LogP contribution in [0, 0.1) is 0 Å². The second kappa shape index (κ2) is 6.10. The van der Waals surface area contributed by atoms with E-state index in [1.807, 2.05) is 0 Å². The van der Waals surface area contributed by atoms with Crippen molar-refractivity contribution in [3.63, 3.8) is 0 Å². The fraction of sp³-hybridized carbons (Fsp3) is 0.385. The summed E-state index contributed by atoms with van der Waals surface area (Å²) in [5.74, 6) is -1.14. The van der Waals surface area contributed by atoms with Gasteiger partial charge in [0.25, 0.3) is 11.7 Å². The second-order valence-corrected chi connectivity index (χ2v) is 7.75. The molecule has 8 nitrogen and oxygen atoms in total. The number of carbonyl (C=O) groups excluding carboxylic acids is 1. The van der Waals surface area contributed by atoms with Crippen molar-refractivity contribution in [1.29, 1.82) is 0 Å². The molecule has 0 unspecified atom stereocenters. The van der Waals surface area contributed by atoms with Crippen LogP contribution in [0.5, 0.6) is 0 Å². The van der Waals surface area contributed by atoms with Crippen LogP contribution in [0.15, 0.2) is 24.3 Å². The van der Waals surface area contributed by atoms with E-state index >= 15 is 0 Å². The van der Waals surface area contributed by atoms with Crippen LogP contribution in [-0.2, 0) is 16.0 Å². The first-order valence-corrected chi connectivity index (χ1v) is 8.95. The third-order valence-electron chi connectivity index (χ3n) is 3.61. The zero-order valence-electron chi connectivity index (χ0n) is 12.6. The summed E-state index contributed by atoms with van der Waals surface area (Å²) in [6.45, 7) is 0. The van der Waals surface area contributed by atoms with Gasteiger partial charge in [0.15, 0.2) is 9.84 Å². The van der Waals surface area contributed by atoms with E-state index in [0.29, 0.717) is 6.42 Å². The quantitative estimate of drug-likeness (QED) is 0.842. The molecule has 1 aromatic carbocycles. The van der Waals surface area contributed by atoms with Crippen molar-refractivity contribution in [2.75, 3.05) is 11.5 Å². The van der Waals surface area contributed by atoms with Crippen molar-refractivity contribution < 1.29 is 26.4 Å². The highest BCUT2D eigenvalue weighted by Gasteiger charge is 2.31. The van der Waals surface area contributed by atoms with Crippen LogP contribution < -0.4 is 5.32 Å². The van der Waals surface area contributed by atoms with Crippen molar-refractivity contribution in [2.45, 2.75) is 18.6 Å². The second-order valence-electron chi connectivity index (χ2n) is 5.52. The molecule has 0 saturated carbocycles. The van der Waals surface area contributed by atoms with Gasteiger partial charge in [0.2, 0.25) is 0 Å². The zero-order valence-corrected chi connectivity index (χ0v) is 13.4. The van der Waals surface area contributed by atoms with E-state index in [-0.39, 0.29) is 23.0 Å². The molecule has 2 aromatic rings. The Morgan fingerprint density at radius 3 is 2.48 bits per heavy atom. The van der Waals surface area contributed by atoms with E-state index in [2.05, 4.69) is 20.7 Å². The first kappa shape index (κ1) is 17.3. The first-order chi connectivity index (χ1) is 11.6. The molecule has 1 atom stereocenters. The summed E-state index contributed by atoms with van der Waals surface area (Å²) in [5.41, 5.74) is -0.625. The molecular formula is C13H12F3N5O3S. The lowest BCUT2D eigenvalue weighted by Gasteiger charge is -2.08. The van der Waals surface area contributed by atoms with Gasteiger partial charge in [0.05, 0.1) is 22.8 Å². The molecular weight excluding hydrogens is 363 g/mol. The first-order valence-electron chi connectivity index (χ1n) is 7.13. The SMILES string of the molecule is O=C(N[C@@H]1CCS(=O)(=O)C1)c1nnn(-c2ccc(C(F)(F)F)cc2)n1. The smallest absolute Gasteiger partial charge is 0.345 e. The number of hydrogen-bond donors (Lipinski definition) is 1. The van der Waals surface area contributed by atoms with Crippen molar-refractivity contribution in [1.82, 2.24) is 25.5 Å². The van der Waals surface area contributed by atoms with Gasteiger partial charge in [0.1, 0.15) is 0 Å². The maximum absolute atomic E-state index is 12.5. The number of benzene rings is 1. The van der Waals surface area contributed by atoms with Gasteiger partial charge in [0, 0.05) is 6.04 Å². The largest absolute Gasteiger partial charge is 0.416 e. The molecule has 1 aliphatic rings. The Hall–Kier alpha value is -2.50. The summed E-state index contributed by atoms with van der Waals surface area (Å²) in [5, 5.41) is 13.5. The topological polar surface area (TPSA) is 107 Å². The van der Waals surface area contributed by atoms with E-state index in [1.54, 1.807) is 0 Å². The van der Waals surface area contributed by atoms with Gasteiger partial charge in [-0.05, 0) is 35.9 Å². The van der Waals surface area contributed by atoms with Gasteiger partial charge in [-0.15, -0.1) is 15.0 Å². The molecule has 2 heterocycles. The Balaban J connectivity index is 1.71. The van der Waals surface area contributed by atoms with Crippen LogP contribution in [0.4, 0.5) is 13.2 Å². The number of carbonyl (C=O) groups is 1. The van der Waals surface area contributed by atoms with Crippen molar-refractivity contribution in [3.8, 4) is 5.69 Å². The maximum atomic E-state index is 12.5. The number of nitrogens with one attached hydrogen (secondary N) is 1. The number of hydrogen-bond acceptors (Lipinski definition) is 6. The lowest BCUT2D eigenvalue weighted by molar-refractivity contribution is -0.137. The van der Waals surface area contributed by atoms with Crippen molar-refractivity contribution >= 4 is 15.7 Å². The molecule has 0 bridgehead atoms. The third kappa shape index (κ3) is 3.95. The highest BCUT2D eigenvalue weighted by molar-refractivity contribution is 7.91. The summed E-state index contributed by atoms with van der Waals surface area (Å²) in [6, 6.07) is 3.50. The van der Waals surface area contributed by atoms with Gasteiger partial charge in [-0.3, -0.25) is 4.79 Å². The Labute approximate surface area is 139 Å². The van der Waals surface area contributed by atoms with Gasteiger partial charge in [-0.25, -0.2) is 8.42 Å². The van der Waals surface area contributed by atoms with Crippen LogP contribution in [0.1, 0.15) is 22.6 Å². The predicted octanol–water partition coefficient (Wildman–Crippen LogP) is 0.598. The van der Waals surface area contributed by atoms with Crippen LogP contribution in [-0.4, -0.2) is 52.1 Å². The Bertz CT molecular complexity index is 892. The molecule has 1 fully saturated rings. The van der Waals surface area contributed by atoms with E-state index in [0.717, 1.165) is 29.1 Å². The molecule has 1 saturated heterocycles. The van der Waals surface area contributed by atoms with E-state index in [1.165, 1.54) is 0 Å². The normalized spacial score (nSPS) is 19.7. The Morgan fingerprint density at radius 1 is 1.24 bits per heavy atom. The number of rotatable bonds is 3. The van der Waals surface area contributed by atoms with Crippen LogP contribution in [0.25, 0.3) is 5.69 Å². The zero-order chi connectivity index (χ0) is 18.2. The number of aromatic nitrogens is 4. The molecule has 3 rings (SSSR count). The minimum absolute atomic E-state index is 0.00359. The molecule has 1 amide bonds. The van der Waals surface area contributed by atoms with Gasteiger partial charge >= 0.3 is 6.18 Å². The molecule has 134 valence electrons. The van der Waals surface area contributed by atoms with Crippen molar-refractivity contribution in [3.05, 3.63) is 35.7 Å². The number of sulfone groups is 1. The van der Waals surface area contributed by atoms with Crippen LogP contribution in [0.3, 0.4) is 0 Å². The molecule has 1 aromatic heterocycles. The number of nitrogens with zero attached hydrogens (tertiary/aromatic N) is 4. The molecule has 0 spiro atoms. The average Bonchev–Trinajstić information content (AvgIpc) is 3.13. The Kier molecular flexibility index (Phi) is 4.22. The lowest BCUT2D eigenvalue weighted by Crippen LogP contribution is -2.36.